The largest absolute Gasteiger partial charge is 0.433 e. The number of aromatic nitrogens is 4. The molecule has 3 rings (SSSR count). The zero-order valence-corrected chi connectivity index (χ0v) is 12.2. The van der Waals surface area contributed by atoms with Crippen molar-refractivity contribution in [2.45, 2.75) is 25.4 Å². The van der Waals surface area contributed by atoms with Crippen molar-refractivity contribution in [2.75, 3.05) is 11.9 Å². The van der Waals surface area contributed by atoms with Gasteiger partial charge in [0, 0.05) is 37.1 Å². The molecule has 0 saturated heterocycles. The summed E-state index contributed by atoms with van der Waals surface area (Å²) in [5, 5.41) is 7.05. The minimum absolute atomic E-state index is 0.0305. The molecule has 118 valence electrons. The van der Waals surface area contributed by atoms with Crippen molar-refractivity contribution >= 4 is 5.95 Å². The highest BCUT2D eigenvalue weighted by atomic mass is 19.4. The summed E-state index contributed by atoms with van der Waals surface area (Å²) in [6.45, 7) is 2.08. The van der Waals surface area contributed by atoms with Gasteiger partial charge in [-0.25, -0.2) is 9.97 Å². The topological polar surface area (TPSA) is 55.6 Å². The predicted molar refractivity (Wildman–Crippen MR) is 74.3 cm³/mol. The summed E-state index contributed by atoms with van der Waals surface area (Å²) >= 11 is 0. The van der Waals surface area contributed by atoms with Crippen LogP contribution < -0.4 is 5.32 Å². The lowest BCUT2D eigenvalue weighted by molar-refractivity contribution is -0.141. The van der Waals surface area contributed by atoms with Gasteiger partial charge >= 0.3 is 6.18 Å². The van der Waals surface area contributed by atoms with Crippen molar-refractivity contribution in [2.24, 2.45) is 13.0 Å². The molecule has 2 aromatic rings. The van der Waals surface area contributed by atoms with Crippen LogP contribution >= 0.6 is 0 Å². The summed E-state index contributed by atoms with van der Waals surface area (Å²) in [7, 11) is 1.89. The van der Waals surface area contributed by atoms with Gasteiger partial charge in [0.05, 0.1) is 0 Å². The number of aryl methyl sites for hydroxylation is 2. The van der Waals surface area contributed by atoms with E-state index >= 15 is 0 Å². The van der Waals surface area contributed by atoms with Gasteiger partial charge in [-0.1, -0.05) is 0 Å². The second-order valence-electron chi connectivity index (χ2n) is 5.58. The van der Waals surface area contributed by atoms with E-state index < -0.39 is 11.9 Å². The van der Waals surface area contributed by atoms with Crippen molar-refractivity contribution < 1.29 is 13.2 Å². The van der Waals surface area contributed by atoms with Crippen molar-refractivity contribution in [1.82, 2.24) is 19.7 Å². The molecule has 1 aliphatic rings. The van der Waals surface area contributed by atoms with Crippen LogP contribution in [-0.4, -0.2) is 26.3 Å². The maximum Gasteiger partial charge on any atom is 0.433 e. The number of rotatable bonds is 4. The predicted octanol–water partition coefficient (Wildman–Crippen LogP) is 2.75. The van der Waals surface area contributed by atoms with Gasteiger partial charge in [0.1, 0.15) is 5.69 Å². The molecule has 2 heterocycles. The highest BCUT2D eigenvalue weighted by Gasteiger charge is 2.40. The molecule has 22 heavy (non-hydrogen) atoms. The summed E-state index contributed by atoms with van der Waals surface area (Å²) in [6, 6.07) is 2.91. The minimum Gasteiger partial charge on any atom is -0.354 e. The Balaban J connectivity index is 1.63. The fraction of sp³-hybridized carbons (Fsp3) is 0.500. The Morgan fingerprint density at radius 3 is 2.77 bits per heavy atom. The Kier molecular flexibility index (Phi) is 3.54. The average Bonchev–Trinajstić information content (AvgIpc) is 3.07. The number of nitrogens with zero attached hydrogens (tertiary/aromatic N) is 4. The van der Waals surface area contributed by atoms with Gasteiger partial charge in [0.15, 0.2) is 0 Å². The molecule has 5 nitrogen and oxygen atoms in total. The monoisotopic (exact) mass is 311 g/mol. The van der Waals surface area contributed by atoms with E-state index in [1.54, 1.807) is 6.20 Å². The summed E-state index contributed by atoms with van der Waals surface area (Å²) in [6.07, 6.45) is -1.72. The third-order valence-corrected chi connectivity index (χ3v) is 3.83. The standard InChI is InChI=1S/C14H16F3N5/c1-8-5-12(14(15,16)17)21-13(20-8)18-7-9-6-10(9)11-3-4-19-22(11)2/h3-5,9-10H,6-7H2,1-2H3,(H,18,20,21)/t9-,10+/m0/s1. The first kappa shape index (κ1) is 14.8. The summed E-state index contributed by atoms with van der Waals surface area (Å²) < 4.78 is 40.0. The molecule has 2 atom stereocenters. The molecule has 2 aromatic heterocycles. The van der Waals surface area contributed by atoms with E-state index in [0.29, 0.717) is 24.1 Å². The molecular weight excluding hydrogens is 295 g/mol. The molecule has 0 aromatic carbocycles. The molecule has 1 N–H and O–H groups in total. The van der Waals surface area contributed by atoms with Crippen LogP contribution in [0.1, 0.15) is 29.4 Å². The van der Waals surface area contributed by atoms with Crippen molar-refractivity contribution in [1.29, 1.82) is 0 Å². The van der Waals surface area contributed by atoms with Gasteiger partial charge in [-0.15, -0.1) is 0 Å². The number of alkyl halides is 3. The Labute approximate surface area is 125 Å². The third-order valence-electron chi connectivity index (χ3n) is 3.83. The van der Waals surface area contributed by atoms with E-state index in [-0.39, 0.29) is 5.95 Å². The van der Waals surface area contributed by atoms with Gasteiger partial charge in [-0.3, -0.25) is 4.68 Å². The highest BCUT2D eigenvalue weighted by Crippen LogP contribution is 2.47. The molecule has 0 amide bonds. The second kappa shape index (κ2) is 5.26. The van der Waals surface area contributed by atoms with Crippen molar-refractivity contribution in [3.8, 4) is 0 Å². The Morgan fingerprint density at radius 2 is 2.14 bits per heavy atom. The first-order valence-corrected chi connectivity index (χ1v) is 6.99. The lowest BCUT2D eigenvalue weighted by atomic mass is 10.2. The maximum atomic E-state index is 12.7. The minimum atomic E-state index is -4.46. The van der Waals surface area contributed by atoms with Crippen molar-refractivity contribution in [3.05, 3.63) is 35.4 Å². The molecule has 8 heteroatoms. The Morgan fingerprint density at radius 1 is 1.36 bits per heavy atom. The summed E-state index contributed by atoms with van der Waals surface area (Å²) in [4.78, 5) is 7.56. The number of halogens is 3. The molecule has 0 unspecified atom stereocenters. The molecule has 0 spiro atoms. The summed E-state index contributed by atoms with van der Waals surface area (Å²) in [5.41, 5.74) is 0.526. The number of anilines is 1. The van der Waals surface area contributed by atoms with E-state index in [4.69, 9.17) is 0 Å². The molecule has 0 radical (unpaired) electrons. The lowest BCUT2D eigenvalue weighted by Crippen LogP contribution is -2.14. The fourth-order valence-electron chi connectivity index (χ4n) is 2.60. The van der Waals surface area contributed by atoms with Crippen LogP contribution in [0.3, 0.4) is 0 Å². The molecule has 0 bridgehead atoms. The van der Waals surface area contributed by atoms with E-state index in [1.165, 1.54) is 6.92 Å². The fourth-order valence-corrected chi connectivity index (χ4v) is 2.60. The highest BCUT2D eigenvalue weighted by molar-refractivity contribution is 5.30. The van der Waals surface area contributed by atoms with Gasteiger partial charge in [-0.05, 0) is 31.4 Å². The molecular formula is C14H16F3N5. The molecule has 1 aliphatic carbocycles. The molecule has 1 fully saturated rings. The first-order valence-electron chi connectivity index (χ1n) is 6.99. The average molecular weight is 311 g/mol. The Hall–Kier alpha value is -2.12. The zero-order chi connectivity index (χ0) is 15.9. The van der Waals surface area contributed by atoms with E-state index in [1.807, 2.05) is 17.8 Å². The van der Waals surface area contributed by atoms with Gasteiger partial charge in [-0.2, -0.15) is 18.3 Å². The van der Waals surface area contributed by atoms with Crippen LogP contribution in [0.25, 0.3) is 0 Å². The SMILES string of the molecule is Cc1cc(C(F)(F)F)nc(NC[C@@H]2C[C@H]2c2ccnn2C)n1. The molecule has 0 aliphatic heterocycles. The van der Waals surface area contributed by atoms with Crippen LogP contribution in [0.15, 0.2) is 18.3 Å². The van der Waals surface area contributed by atoms with Gasteiger partial charge < -0.3 is 5.32 Å². The quantitative estimate of drug-likeness (QED) is 0.943. The van der Waals surface area contributed by atoms with Gasteiger partial charge in [0.25, 0.3) is 0 Å². The third kappa shape index (κ3) is 3.05. The first-order chi connectivity index (χ1) is 10.3. The smallest absolute Gasteiger partial charge is 0.354 e. The van der Waals surface area contributed by atoms with Crippen LogP contribution in [0, 0.1) is 12.8 Å². The van der Waals surface area contributed by atoms with Gasteiger partial charge in [0.2, 0.25) is 5.95 Å². The van der Waals surface area contributed by atoms with Crippen LogP contribution in [-0.2, 0) is 13.2 Å². The number of nitrogens with one attached hydrogen (secondary N) is 1. The van der Waals surface area contributed by atoms with Crippen molar-refractivity contribution in [3.63, 3.8) is 0 Å². The number of hydrogen-bond donors (Lipinski definition) is 1. The van der Waals surface area contributed by atoms with E-state index in [2.05, 4.69) is 20.4 Å². The second-order valence-corrected chi connectivity index (χ2v) is 5.58. The number of hydrogen-bond acceptors (Lipinski definition) is 4. The Bertz CT molecular complexity index is 679. The van der Waals surface area contributed by atoms with Crippen LogP contribution in [0.4, 0.5) is 19.1 Å². The van der Waals surface area contributed by atoms with E-state index in [9.17, 15) is 13.2 Å². The molecule has 1 saturated carbocycles. The maximum absolute atomic E-state index is 12.7. The van der Waals surface area contributed by atoms with Crippen LogP contribution in [0.2, 0.25) is 0 Å². The lowest BCUT2D eigenvalue weighted by Gasteiger charge is -2.10. The summed E-state index contributed by atoms with van der Waals surface area (Å²) in [5.74, 6) is 0.795. The zero-order valence-electron chi connectivity index (χ0n) is 12.2. The normalized spacial score (nSPS) is 21.0. The van der Waals surface area contributed by atoms with E-state index in [0.717, 1.165) is 18.2 Å². The van der Waals surface area contributed by atoms with Crippen LogP contribution in [0.5, 0.6) is 0 Å².